The first kappa shape index (κ1) is 14.0. The fourth-order valence-corrected chi connectivity index (χ4v) is 3.38. The van der Waals surface area contributed by atoms with E-state index in [1.54, 1.807) is 0 Å². The molecule has 2 unspecified atom stereocenters. The molecule has 1 aliphatic carbocycles. The van der Waals surface area contributed by atoms with Gasteiger partial charge in [-0.05, 0) is 37.3 Å². The van der Waals surface area contributed by atoms with Gasteiger partial charge in [0.05, 0.1) is 13.1 Å². The predicted octanol–water partition coefficient (Wildman–Crippen LogP) is 3.01. The van der Waals surface area contributed by atoms with Crippen LogP contribution in [0.15, 0.2) is 16.5 Å². The number of fused-ring (bicyclic) bond motifs is 1. The van der Waals surface area contributed by atoms with Gasteiger partial charge in [0.15, 0.2) is 0 Å². The van der Waals surface area contributed by atoms with Gasteiger partial charge in [-0.3, -0.25) is 0 Å². The first-order valence-electron chi connectivity index (χ1n) is 8.51. The van der Waals surface area contributed by atoms with E-state index in [9.17, 15) is 0 Å². The van der Waals surface area contributed by atoms with Crippen molar-refractivity contribution in [3.05, 3.63) is 35.3 Å². The predicted molar refractivity (Wildman–Crippen MR) is 83.4 cm³/mol. The minimum Gasteiger partial charge on any atom is -0.464 e. The summed E-state index contributed by atoms with van der Waals surface area (Å²) in [5, 5.41) is 12.1. The first-order valence-corrected chi connectivity index (χ1v) is 8.51. The Hall–Kier alpha value is -1.62. The lowest BCUT2D eigenvalue weighted by atomic mass is 10.2. The molecule has 0 bridgehead atoms. The summed E-state index contributed by atoms with van der Waals surface area (Å²) >= 11 is 0. The van der Waals surface area contributed by atoms with E-state index in [1.165, 1.54) is 25.7 Å². The minimum absolute atomic E-state index is 0.654. The molecule has 0 aromatic carbocycles. The molecule has 5 heteroatoms. The smallest absolute Gasteiger partial charge is 0.147 e. The van der Waals surface area contributed by atoms with Gasteiger partial charge in [-0.2, -0.15) is 0 Å². The van der Waals surface area contributed by atoms with Crippen molar-refractivity contribution in [2.24, 2.45) is 5.92 Å². The van der Waals surface area contributed by atoms with E-state index in [1.807, 2.05) is 0 Å². The van der Waals surface area contributed by atoms with Crippen molar-refractivity contribution in [3.63, 3.8) is 0 Å². The zero-order chi connectivity index (χ0) is 14.9. The number of aryl methyl sites for hydroxylation is 1. The number of nitrogens with zero attached hydrogens (tertiary/aromatic N) is 3. The van der Waals surface area contributed by atoms with Crippen LogP contribution in [0.1, 0.15) is 61.7 Å². The van der Waals surface area contributed by atoms with Crippen LogP contribution in [0, 0.1) is 5.92 Å². The summed E-state index contributed by atoms with van der Waals surface area (Å²) in [7, 11) is 0. The lowest BCUT2D eigenvalue weighted by Gasteiger charge is -2.07. The van der Waals surface area contributed by atoms with Crippen LogP contribution in [-0.4, -0.2) is 14.8 Å². The van der Waals surface area contributed by atoms with Crippen molar-refractivity contribution in [3.8, 4) is 0 Å². The largest absolute Gasteiger partial charge is 0.464 e. The summed E-state index contributed by atoms with van der Waals surface area (Å²) in [6, 6.07) is 4.23. The van der Waals surface area contributed by atoms with Gasteiger partial charge in [0.2, 0.25) is 0 Å². The second-order valence-corrected chi connectivity index (χ2v) is 6.72. The van der Waals surface area contributed by atoms with Gasteiger partial charge in [0, 0.05) is 18.9 Å². The Morgan fingerprint density at radius 3 is 3.00 bits per heavy atom. The number of nitrogens with one attached hydrogen (secondary N) is 1. The standard InChI is InChI=1S/C17H24N4O/c1-12-9-14(12)15-7-6-13(22-15)10-18-11-17-20-19-16-5-3-2-4-8-21(16)17/h6-7,12,14,18H,2-5,8-11H2,1H3. The fourth-order valence-electron chi connectivity index (χ4n) is 3.38. The monoisotopic (exact) mass is 300 g/mol. The van der Waals surface area contributed by atoms with Gasteiger partial charge in [-0.25, -0.2) is 0 Å². The maximum atomic E-state index is 5.92. The average Bonchev–Trinajstić information content (AvgIpc) is 2.97. The Morgan fingerprint density at radius 1 is 1.23 bits per heavy atom. The lowest BCUT2D eigenvalue weighted by Crippen LogP contribution is -2.17. The van der Waals surface area contributed by atoms with E-state index in [0.717, 1.165) is 55.1 Å². The molecule has 2 aromatic rings. The summed E-state index contributed by atoms with van der Waals surface area (Å²) in [4.78, 5) is 0. The molecule has 118 valence electrons. The molecule has 1 aliphatic heterocycles. The maximum Gasteiger partial charge on any atom is 0.147 e. The van der Waals surface area contributed by atoms with Crippen LogP contribution < -0.4 is 5.32 Å². The molecule has 0 saturated heterocycles. The number of hydrogen-bond donors (Lipinski definition) is 1. The van der Waals surface area contributed by atoms with Gasteiger partial charge in [-0.1, -0.05) is 13.3 Å². The van der Waals surface area contributed by atoms with E-state index in [4.69, 9.17) is 4.42 Å². The normalized spacial score (nSPS) is 24.0. The number of hydrogen-bond acceptors (Lipinski definition) is 4. The van der Waals surface area contributed by atoms with Crippen LogP contribution in [0.2, 0.25) is 0 Å². The highest BCUT2D eigenvalue weighted by Crippen LogP contribution is 2.47. The molecule has 4 rings (SSSR count). The second kappa shape index (κ2) is 5.88. The zero-order valence-corrected chi connectivity index (χ0v) is 13.2. The van der Waals surface area contributed by atoms with E-state index < -0.39 is 0 Å². The van der Waals surface area contributed by atoms with Gasteiger partial charge >= 0.3 is 0 Å². The van der Waals surface area contributed by atoms with Crippen molar-refractivity contribution in [2.45, 2.75) is 64.6 Å². The molecular weight excluding hydrogens is 276 g/mol. The molecule has 22 heavy (non-hydrogen) atoms. The van der Waals surface area contributed by atoms with Crippen LogP contribution in [0.25, 0.3) is 0 Å². The van der Waals surface area contributed by atoms with Gasteiger partial charge in [0.1, 0.15) is 23.2 Å². The third-order valence-electron chi connectivity index (χ3n) is 4.93. The SMILES string of the molecule is CC1CC1c1ccc(CNCc2nnc3n2CCCCC3)o1. The molecule has 2 aromatic heterocycles. The Bertz CT molecular complexity index is 645. The summed E-state index contributed by atoms with van der Waals surface area (Å²) in [6.45, 7) is 4.85. The van der Waals surface area contributed by atoms with Gasteiger partial charge in [-0.15, -0.1) is 10.2 Å². The summed E-state index contributed by atoms with van der Waals surface area (Å²) in [5.74, 6) is 5.82. The second-order valence-electron chi connectivity index (χ2n) is 6.72. The molecule has 0 radical (unpaired) electrons. The first-order chi connectivity index (χ1) is 10.8. The van der Waals surface area contributed by atoms with Crippen molar-refractivity contribution in [1.29, 1.82) is 0 Å². The quantitative estimate of drug-likeness (QED) is 0.922. The molecule has 1 N–H and O–H groups in total. The third-order valence-corrected chi connectivity index (χ3v) is 4.93. The van der Waals surface area contributed by atoms with Crippen LogP contribution >= 0.6 is 0 Å². The minimum atomic E-state index is 0.654. The molecular formula is C17H24N4O. The molecule has 5 nitrogen and oxygen atoms in total. The molecule has 2 aliphatic rings. The Morgan fingerprint density at radius 2 is 2.14 bits per heavy atom. The Kier molecular flexibility index (Phi) is 3.74. The Balaban J connectivity index is 1.33. The van der Waals surface area contributed by atoms with Crippen LogP contribution in [0.4, 0.5) is 0 Å². The van der Waals surface area contributed by atoms with Gasteiger partial charge in [0.25, 0.3) is 0 Å². The van der Waals surface area contributed by atoms with E-state index in [0.29, 0.717) is 5.92 Å². The van der Waals surface area contributed by atoms with Crippen LogP contribution in [0.5, 0.6) is 0 Å². The average molecular weight is 300 g/mol. The highest BCUT2D eigenvalue weighted by atomic mass is 16.3. The third kappa shape index (κ3) is 2.82. The Labute approximate surface area is 131 Å². The zero-order valence-electron chi connectivity index (χ0n) is 13.2. The number of aromatic nitrogens is 3. The van der Waals surface area contributed by atoms with E-state index >= 15 is 0 Å². The van der Waals surface area contributed by atoms with Gasteiger partial charge < -0.3 is 14.3 Å². The topological polar surface area (TPSA) is 55.9 Å². The van der Waals surface area contributed by atoms with Crippen molar-refractivity contribution >= 4 is 0 Å². The molecule has 3 heterocycles. The van der Waals surface area contributed by atoms with Crippen LogP contribution in [-0.2, 0) is 26.1 Å². The molecule has 2 atom stereocenters. The molecule has 1 fully saturated rings. The number of furan rings is 1. The molecule has 0 amide bonds. The van der Waals surface area contributed by atoms with Crippen molar-refractivity contribution in [1.82, 2.24) is 20.1 Å². The van der Waals surface area contributed by atoms with Crippen LogP contribution in [0.3, 0.4) is 0 Å². The summed E-state index contributed by atoms with van der Waals surface area (Å²) in [5.41, 5.74) is 0. The van der Waals surface area contributed by atoms with Crippen molar-refractivity contribution < 1.29 is 4.42 Å². The highest BCUT2D eigenvalue weighted by molar-refractivity contribution is 5.17. The van der Waals surface area contributed by atoms with Crippen molar-refractivity contribution in [2.75, 3.05) is 0 Å². The molecule has 0 spiro atoms. The maximum absolute atomic E-state index is 5.92. The molecule has 1 saturated carbocycles. The lowest BCUT2D eigenvalue weighted by molar-refractivity contribution is 0.440. The fraction of sp³-hybridized carbons (Fsp3) is 0.647. The van der Waals surface area contributed by atoms with E-state index in [2.05, 4.69) is 39.1 Å². The number of rotatable bonds is 5. The van der Waals surface area contributed by atoms with E-state index in [-0.39, 0.29) is 0 Å². The highest BCUT2D eigenvalue weighted by Gasteiger charge is 2.36. The summed E-state index contributed by atoms with van der Waals surface area (Å²) < 4.78 is 8.22. The summed E-state index contributed by atoms with van der Waals surface area (Å²) in [6.07, 6.45) is 6.10.